The quantitative estimate of drug-likeness (QED) is 0.118. The number of fused-ring (bicyclic) bond motifs is 2. The molecule has 0 saturated heterocycles. The molecule has 0 unspecified atom stereocenters. The third kappa shape index (κ3) is 11.2. The number of urea groups is 1. The van der Waals surface area contributed by atoms with Gasteiger partial charge in [-0.3, -0.25) is 19.3 Å². The fourth-order valence-corrected chi connectivity index (χ4v) is 6.50. The molecule has 16 nitrogen and oxygen atoms in total. The van der Waals surface area contributed by atoms with Gasteiger partial charge in [0.15, 0.2) is 5.78 Å². The smallest absolute Gasteiger partial charge is 0.345 e. The van der Waals surface area contributed by atoms with E-state index in [0.717, 1.165) is 54.3 Å². The number of carbonyl (C=O) groups excluding carboxylic acids is 3. The highest BCUT2D eigenvalue weighted by Gasteiger charge is 2.36. The summed E-state index contributed by atoms with van der Waals surface area (Å²) in [6.07, 6.45) is 1.24. The molecule has 1 aliphatic carbocycles. The van der Waals surface area contributed by atoms with Gasteiger partial charge < -0.3 is 45.8 Å². The molecule has 3 amide bonds. The highest BCUT2D eigenvalue weighted by molar-refractivity contribution is 6.13. The van der Waals surface area contributed by atoms with Crippen molar-refractivity contribution in [2.75, 3.05) is 43.5 Å². The first-order valence-corrected chi connectivity index (χ1v) is 18.4. The van der Waals surface area contributed by atoms with Gasteiger partial charge in [0.1, 0.15) is 31.4 Å². The molecule has 2 heterocycles. The second-order valence-corrected chi connectivity index (χ2v) is 15.0. The van der Waals surface area contributed by atoms with Crippen LogP contribution in [0.2, 0.25) is 0 Å². The third-order valence-electron chi connectivity index (χ3n) is 9.67. The van der Waals surface area contributed by atoms with E-state index in [1.54, 1.807) is 42.1 Å². The van der Waals surface area contributed by atoms with Gasteiger partial charge in [-0.1, -0.05) is 58.2 Å². The lowest BCUT2D eigenvalue weighted by atomic mass is 9.83. The molecular formula is C39H54N6O10. The Labute approximate surface area is 320 Å². The van der Waals surface area contributed by atoms with Gasteiger partial charge in [-0.15, -0.1) is 0 Å². The number of carboxylic acids is 1. The summed E-state index contributed by atoms with van der Waals surface area (Å²) >= 11 is 0. The van der Waals surface area contributed by atoms with E-state index in [9.17, 15) is 24.3 Å². The Morgan fingerprint density at radius 2 is 1.58 bits per heavy atom. The number of carboxylic acid groups (broad SMARTS) is 1. The highest BCUT2D eigenvalue weighted by atomic mass is 16.4. The number of aromatic nitrogens is 1. The van der Waals surface area contributed by atoms with Gasteiger partial charge in [-0.25, -0.2) is 9.80 Å². The molecule has 0 spiro atoms. The van der Waals surface area contributed by atoms with E-state index in [1.165, 1.54) is 9.91 Å². The van der Waals surface area contributed by atoms with Crippen LogP contribution in [0.5, 0.6) is 0 Å². The number of anilines is 2. The molecular weight excluding hydrogens is 712 g/mol. The molecule has 3 aromatic rings. The summed E-state index contributed by atoms with van der Waals surface area (Å²) in [4.78, 5) is 53.1. The summed E-state index contributed by atoms with van der Waals surface area (Å²) in [5.74, 6) is -1.33. The fourth-order valence-electron chi connectivity index (χ4n) is 6.50. The van der Waals surface area contributed by atoms with Gasteiger partial charge in [0.2, 0.25) is 5.91 Å². The van der Waals surface area contributed by atoms with Crippen molar-refractivity contribution in [1.29, 1.82) is 0 Å². The van der Waals surface area contributed by atoms with Gasteiger partial charge >= 0.3 is 12.0 Å². The number of rotatable bonds is 14. The zero-order chi connectivity index (χ0) is 40.4. The lowest BCUT2D eigenvalue weighted by Gasteiger charge is -2.28. The van der Waals surface area contributed by atoms with Gasteiger partial charge in [0.25, 0.3) is 0 Å². The van der Waals surface area contributed by atoms with Gasteiger partial charge in [0, 0.05) is 46.2 Å². The molecule has 0 bridgehead atoms. The predicted molar refractivity (Wildman–Crippen MR) is 207 cm³/mol. The summed E-state index contributed by atoms with van der Waals surface area (Å²) in [6, 6.07) is 14.0. The molecule has 55 heavy (non-hydrogen) atoms. The number of hydrogen-bond donors (Lipinski definition) is 8. The number of hydrazone groups is 1. The van der Waals surface area contributed by atoms with Crippen molar-refractivity contribution in [3.8, 4) is 0 Å². The molecule has 1 aliphatic heterocycles. The number of carbonyl (C=O) groups is 4. The van der Waals surface area contributed by atoms with Crippen LogP contribution in [0.3, 0.4) is 0 Å². The van der Waals surface area contributed by atoms with Crippen LogP contribution in [0.4, 0.5) is 16.2 Å². The van der Waals surface area contributed by atoms with E-state index < -0.39 is 54.3 Å². The Morgan fingerprint density at radius 1 is 0.909 bits per heavy atom. The topological polar surface area (TPSA) is 237 Å². The molecule has 1 fully saturated rings. The first-order chi connectivity index (χ1) is 26.0. The molecule has 2 aliphatic rings. The van der Waals surface area contributed by atoms with Crippen LogP contribution in [0.15, 0.2) is 59.8 Å². The van der Waals surface area contributed by atoms with E-state index >= 15 is 0 Å². The van der Waals surface area contributed by atoms with Crippen molar-refractivity contribution >= 4 is 51.7 Å². The van der Waals surface area contributed by atoms with Crippen molar-refractivity contribution in [3.05, 3.63) is 60.3 Å². The average Bonchev–Trinajstić information content (AvgIpc) is 3.50. The standard InChI is InChI=1S/C32H37N5O5.C7H17NO5/c1-32(2,3)27(38)18-36-26-12-8-7-11-24(26)30(21-9-5-4-6-10-21)34-37(31(36)42)19-28(39)33-23-13-14-25-22(17-23)15-16-35(25)20-29(40)41;1-8-2-4(10)6(12)7(13)5(11)3-9/h7-8,11-17,21H,4-6,9-10,18-20H2,1-3H3,(H,33,39)(H,40,41);4-13H,2-3H2,1H3/t;4-,5+,6+,7+/m.0/s1. The van der Waals surface area contributed by atoms with Gasteiger partial charge in [-0.2, -0.15) is 5.10 Å². The predicted octanol–water partition coefficient (Wildman–Crippen LogP) is 2.15. The summed E-state index contributed by atoms with van der Waals surface area (Å²) in [6.45, 7) is 4.28. The average molecular weight is 767 g/mol. The molecule has 1 aromatic heterocycles. The van der Waals surface area contributed by atoms with E-state index in [2.05, 4.69) is 10.6 Å². The first-order valence-electron chi connectivity index (χ1n) is 18.4. The largest absolute Gasteiger partial charge is 0.480 e. The number of likely N-dealkylation sites (N-methyl/N-ethyl adjacent to an activating group) is 1. The van der Waals surface area contributed by atoms with Crippen LogP contribution in [0, 0.1) is 11.3 Å². The van der Waals surface area contributed by atoms with Crippen LogP contribution in [0.1, 0.15) is 58.4 Å². The molecule has 1 saturated carbocycles. The number of para-hydroxylation sites is 1. The molecule has 0 radical (unpaired) electrons. The Kier molecular flexibility index (Phi) is 15.1. The number of nitrogens with one attached hydrogen (secondary N) is 2. The number of nitrogens with zero attached hydrogens (tertiary/aromatic N) is 4. The fraction of sp³-hybridized carbons (Fsp3) is 0.513. The van der Waals surface area contributed by atoms with Crippen LogP contribution in [-0.2, 0) is 20.9 Å². The second kappa shape index (κ2) is 19.2. The molecule has 300 valence electrons. The van der Waals surface area contributed by atoms with Gasteiger partial charge in [-0.05, 0) is 50.2 Å². The zero-order valence-electron chi connectivity index (χ0n) is 31.8. The number of aliphatic hydroxyl groups excluding tert-OH is 5. The SMILES string of the molecule is CC(C)(C)C(=O)CN1C(=O)N(CC(=O)Nc2ccc3c(ccn3CC(=O)O)c2)N=C(C2CCCCC2)c2ccccc21.CNC[C@H](O)[C@@H](O)[C@H](O)[C@H](O)CO. The maximum absolute atomic E-state index is 14.0. The minimum absolute atomic E-state index is 0.0936. The van der Waals surface area contributed by atoms with Crippen LogP contribution in [0.25, 0.3) is 10.9 Å². The number of benzene rings is 2. The molecule has 16 heteroatoms. The number of aliphatic hydroxyl groups is 5. The van der Waals surface area contributed by atoms with Crippen molar-refractivity contribution in [2.24, 2.45) is 16.4 Å². The Hall–Kier alpha value is -4.71. The molecule has 5 rings (SSSR count). The van der Waals surface area contributed by atoms with E-state index in [1.807, 2.05) is 45.0 Å². The van der Waals surface area contributed by atoms with E-state index in [4.69, 9.17) is 30.6 Å². The lowest BCUT2D eigenvalue weighted by molar-refractivity contribution is -0.137. The van der Waals surface area contributed by atoms with Crippen molar-refractivity contribution in [3.63, 3.8) is 0 Å². The number of Topliss-reactive ketones (excluding diaryl/α,β-unsaturated/α-hetero) is 1. The number of aliphatic carboxylic acids is 1. The van der Waals surface area contributed by atoms with Crippen molar-refractivity contribution in [1.82, 2.24) is 14.9 Å². The van der Waals surface area contributed by atoms with Crippen LogP contribution < -0.4 is 15.5 Å². The van der Waals surface area contributed by atoms with Crippen molar-refractivity contribution in [2.45, 2.75) is 83.8 Å². The highest BCUT2D eigenvalue weighted by Crippen LogP contribution is 2.34. The summed E-state index contributed by atoms with van der Waals surface area (Å²) in [7, 11) is 1.57. The normalized spacial score (nSPS) is 17.3. The zero-order valence-corrected chi connectivity index (χ0v) is 31.8. The van der Waals surface area contributed by atoms with E-state index in [-0.39, 0.29) is 37.9 Å². The second-order valence-electron chi connectivity index (χ2n) is 15.0. The Balaban J connectivity index is 0.000000444. The minimum Gasteiger partial charge on any atom is -0.480 e. The number of ketones is 1. The van der Waals surface area contributed by atoms with Crippen molar-refractivity contribution < 1.29 is 49.8 Å². The first kappa shape index (κ1) is 43.0. The Bertz CT molecular complexity index is 1830. The summed E-state index contributed by atoms with van der Waals surface area (Å²) in [5.41, 5.74) is 2.82. The van der Waals surface area contributed by atoms with Crippen LogP contribution >= 0.6 is 0 Å². The maximum Gasteiger partial charge on any atom is 0.345 e. The molecule has 8 N–H and O–H groups in total. The maximum atomic E-state index is 14.0. The summed E-state index contributed by atoms with van der Waals surface area (Å²) in [5, 5.41) is 66.3. The lowest BCUT2D eigenvalue weighted by Crippen LogP contribution is -2.48. The van der Waals surface area contributed by atoms with Crippen LogP contribution in [-0.4, -0.2) is 127 Å². The monoisotopic (exact) mass is 766 g/mol. The van der Waals surface area contributed by atoms with Gasteiger partial charge in [0.05, 0.1) is 30.7 Å². The Morgan fingerprint density at radius 3 is 2.22 bits per heavy atom. The molecule has 2 aromatic carbocycles. The summed E-state index contributed by atoms with van der Waals surface area (Å²) < 4.78 is 1.62. The number of amides is 3. The third-order valence-corrected chi connectivity index (χ3v) is 9.67. The van der Waals surface area contributed by atoms with E-state index in [0.29, 0.717) is 11.4 Å². The minimum atomic E-state index is -1.55. The molecule has 4 atom stereocenters. The number of hydrogen-bond acceptors (Lipinski definition) is 11.